The van der Waals surface area contributed by atoms with Crippen molar-refractivity contribution >= 4 is 11.8 Å². The molecule has 0 unspecified atom stereocenters. The van der Waals surface area contributed by atoms with Gasteiger partial charge in [-0.25, -0.2) is 4.39 Å². The Morgan fingerprint density at radius 1 is 1.00 bits per heavy atom. The summed E-state index contributed by atoms with van der Waals surface area (Å²) < 4.78 is 19.1. The highest BCUT2D eigenvalue weighted by molar-refractivity contribution is 5.84. The van der Waals surface area contributed by atoms with Gasteiger partial charge < -0.3 is 14.2 Å². The Hall–Kier alpha value is -2.63. The summed E-state index contributed by atoms with van der Waals surface area (Å²) in [6.07, 6.45) is 6.36. The van der Waals surface area contributed by atoms with Crippen molar-refractivity contribution in [1.82, 2.24) is 9.80 Å². The van der Waals surface area contributed by atoms with E-state index >= 15 is 0 Å². The summed E-state index contributed by atoms with van der Waals surface area (Å²) in [5.74, 6) is 1.99. The number of rotatable bonds is 11. The number of hydrogen-bond donors (Lipinski definition) is 0. The van der Waals surface area contributed by atoms with E-state index in [-0.39, 0.29) is 30.1 Å². The van der Waals surface area contributed by atoms with E-state index < -0.39 is 0 Å². The lowest BCUT2D eigenvalue weighted by atomic mass is 10.0. The van der Waals surface area contributed by atoms with E-state index in [1.54, 1.807) is 21.9 Å². The minimum atomic E-state index is -0.311. The first-order valence-corrected chi connectivity index (χ1v) is 12.2. The maximum absolute atomic E-state index is 13.4. The molecule has 1 aliphatic rings. The van der Waals surface area contributed by atoms with E-state index in [4.69, 9.17) is 4.42 Å². The third-order valence-corrected chi connectivity index (χ3v) is 6.29. The van der Waals surface area contributed by atoms with Gasteiger partial charge in [0.1, 0.15) is 17.3 Å². The van der Waals surface area contributed by atoms with Crippen molar-refractivity contribution < 1.29 is 18.4 Å². The zero-order valence-corrected chi connectivity index (χ0v) is 20.2. The van der Waals surface area contributed by atoms with Crippen molar-refractivity contribution in [3.8, 4) is 0 Å². The lowest BCUT2D eigenvalue weighted by Crippen LogP contribution is -2.43. The molecule has 6 heteroatoms. The Labute approximate surface area is 196 Å². The van der Waals surface area contributed by atoms with Gasteiger partial charge in [-0.3, -0.25) is 9.59 Å². The fraction of sp³-hybridized carbons (Fsp3) is 0.556. The van der Waals surface area contributed by atoms with Crippen LogP contribution in [0.25, 0.3) is 0 Å². The number of halogens is 1. The summed E-state index contributed by atoms with van der Waals surface area (Å²) in [6.45, 7) is 7.21. The van der Waals surface area contributed by atoms with Gasteiger partial charge in [-0.05, 0) is 55.0 Å². The predicted molar refractivity (Wildman–Crippen MR) is 127 cm³/mol. The zero-order valence-electron chi connectivity index (χ0n) is 20.2. The predicted octanol–water partition coefficient (Wildman–Crippen LogP) is 5.71. The Morgan fingerprint density at radius 3 is 2.30 bits per heavy atom. The van der Waals surface area contributed by atoms with Gasteiger partial charge in [-0.2, -0.15) is 0 Å². The molecule has 1 heterocycles. The van der Waals surface area contributed by atoms with E-state index in [0.717, 1.165) is 17.7 Å². The summed E-state index contributed by atoms with van der Waals surface area (Å²) in [5, 5.41) is 0. The van der Waals surface area contributed by atoms with Gasteiger partial charge in [0.15, 0.2) is 0 Å². The second kappa shape index (κ2) is 12.0. The highest BCUT2D eigenvalue weighted by Crippen LogP contribution is 2.28. The monoisotopic (exact) mass is 456 g/mol. The van der Waals surface area contributed by atoms with Crippen molar-refractivity contribution in [3.63, 3.8) is 0 Å². The molecule has 0 bridgehead atoms. The number of benzene rings is 1. The molecule has 0 spiro atoms. The molecule has 2 amide bonds. The van der Waals surface area contributed by atoms with Crippen molar-refractivity contribution in [2.24, 2.45) is 11.8 Å². The van der Waals surface area contributed by atoms with E-state index in [0.29, 0.717) is 37.7 Å². The van der Waals surface area contributed by atoms with Crippen LogP contribution in [0.15, 0.2) is 40.8 Å². The van der Waals surface area contributed by atoms with Gasteiger partial charge in [0, 0.05) is 19.5 Å². The number of nitrogens with zero attached hydrogens (tertiary/aromatic N) is 2. The smallest absolute Gasteiger partial charge is 0.242 e. The highest BCUT2D eigenvalue weighted by atomic mass is 19.1. The number of amides is 2. The topological polar surface area (TPSA) is 53.8 Å². The summed E-state index contributed by atoms with van der Waals surface area (Å²) in [5.41, 5.74) is 0.830. The van der Waals surface area contributed by atoms with Crippen molar-refractivity contribution in [1.29, 1.82) is 0 Å². The quantitative estimate of drug-likeness (QED) is 0.435. The fourth-order valence-electron chi connectivity index (χ4n) is 4.54. The molecule has 3 rings (SSSR count). The Bertz CT molecular complexity index is 900. The molecule has 0 aliphatic heterocycles. The summed E-state index contributed by atoms with van der Waals surface area (Å²) in [7, 11) is 0. The Balaban J connectivity index is 1.69. The van der Waals surface area contributed by atoms with Crippen LogP contribution < -0.4 is 0 Å². The third-order valence-electron chi connectivity index (χ3n) is 6.29. The van der Waals surface area contributed by atoms with Crippen molar-refractivity contribution in [2.45, 2.75) is 72.4 Å². The van der Waals surface area contributed by atoms with Crippen LogP contribution in [0.2, 0.25) is 0 Å². The number of aryl methyl sites for hydroxylation is 1. The van der Waals surface area contributed by atoms with Crippen LogP contribution in [-0.4, -0.2) is 34.7 Å². The molecular formula is C27H37FN2O3. The first-order valence-electron chi connectivity index (χ1n) is 12.2. The number of carbonyl (C=O) groups is 2. The minimum Gasteiger partial charge on any atom is -0.464 e. The van der Waals surface area contributed by atoms with Crippen LogP contribution in [0.5, 0.6) is 0 Å². The summed E-state index contributed by atoms with van der Waals surface area (Å²) in [6, 6.07) is 9.88. The molecule has 1 saturated carbocycles. The first-order chi connectivity index (χ1) is 15.8. The van der Waals surface area contributed by atoms with Gasteiger partial charge in [-0.15, -0.1) is 0 Å². The van der Waals surface area contributed by atoms with Crippen molar-refractivity contribution in [2.75, 3.05) is 13.1 Å². The van der Waals surface area contributed by atoms with E-state index in [1.165, 1.54) is 37.8 Å². The molecule has 5 nitrogen and oxygen atoms in total. The highest BCUT2D eigenvalue weighted by Gasteiger charge is 2.24. The van der Waals surface area contributed by atoms with E-state index in [9.17, 15) is 14.0 Å². The van der Waals surface area contributed by atoms with Gasteiger partial charge in [0.2, 0.25) is 11.8 Å². The molecule has 1 fully saturated rings. The lowest BCUT2D eigenvalue weighted by molar-refractivity contribution is -0.142. The lowest BCUT2D eigenvalue weighted by Gasteiger charge is -2.29. The molecule has 0 saturated heterocycles. The molecular weight excluding hydrogens is 419 g/mol. The molecule has 1 aromatic heterocycles. The fourth-order valence-corrected chi connectivity index (χ4v) is 4.54. The normalized spacial score (nSPS) is 14.1. The molecule has 180 valence electrons. The van der Waals surface area contributed by atoms with Crippen LogP contribution in [0, 0.1) is 24.6 Å². The van der Waals surface area contributed by atoms with Crippen LogP contribution in [0.4, 0.5) is 4.39 Å². The average Bonchev–Trinajstić information content (AvgIpc) is 3.44. The van der Waals surface area contributed by atoms with Gasteiger partial charge in [0.05, 0.1) is 13.1 Å². The third kappa shape index (κ3) is 8.02. The Morgan fingerprint density at radius 2 is 1.70 bits per heavy atom. The van der Waals surface area contributed by atoms with Crippen LogP contribution in [0.3, 0.4) is 0 Å². The average molecular weight is 457 g/mol. The van der Waals surface area contributed by atoms with Gasteiger partial charge >= 0.3 is 0 Å². The van der Waals surface area contributed by atoms with Crippen LogP contribution in [-0.2, 0) is 22.7 Å². The molecule has 1 aromatic carbocycles. The molecule has 0 radical (unpaired) electrons. The first kappa shape index (κ1) is 25.0. The summed E-state index contributed by atoms with van der Waals surface area (Å²) >= 11 is 0. The molecule has 0 N–H and O–H groups in total. The van der Waals surface area contributed by atoms with Crippen LogP contribution >= 0.6 is 0 Å². The summed E-state index contributed by atoms with van der Waals surface area (Å²) in [4.78, 5) is 29.8. The standard InChI is InChI=1S/C27H37FN2O3/c1-20(2)16-29(26(31)15-11-22-6-4-5-7-22)19-27(32)30(18-25-14-8-21(3)33-25)17-23-9-12-24(28)13-10-23/h8-10,12-14,20,22H,4-7,11,15-19H2,1-3H3. The second-order valence-corrected chi connectivity index (χ2v) is 9.75. The number of hydrogen-bond acceptors (Lipinski definition) is 3. The molecule has 1 aliphatic carbocycles. The Kier molecular flexibility index (Phi) is 9.10. The molecule has 33 heavy (non-hydrogen) atoms. The maximum Gasteiger partial charge on any atom is 0.242 e. The largest absolute Gasteiger partial charge is 0.464 e. The molecule has 2 aromatic rings. The zero-order chi connectivity index (χ0) is 23.8. The molecule has 0 atom stereocenters. The minimum absolute atomic E-state index is 0.0442. The SMILES string of the molecule is Cc1ccc(CN(Cc2ccc(F)cc2)C(=O)CN(CC(C)C)C(=O)CCC2CCCC2)o1. The van der Waals surface area contributed by atoms with E-state index in [1.807, 2.05) is 19.1 Å². The van der Waals surface area contributed by atoms with Crippen molar-refractivity contribution in [3.05, 3.63) is 59.3 Å². The maximum atomic E-state index is 13.4. The number of furan rings is 1. The number of carbonyl (C=O) groups excluding carboxylic acids is 2. The van der Waals surface area contributed by atoms with Gasteiger partial charge in [-0.1, -0.05) is 51.7 Å². The second-order valence-electron chi connectivity index (χ2n) is 9.75. The van der Waals surface area contributed by atoms with Crippen LogP contribution in [0.1, 0.15) is 69.5 Å². The van der Waals surface area contributed by atoms with E-state index in [2.05, 4.69) is 13.8 Å². The van der Waals surface area contributed by atoms with Gasteiger partial charge in [0.25, 0.3) is 0 Å².